The number of rotatable bonds is 4. The van der Waals surface area contributed by atoms with E-state index in [2.05, 4.69) is 12.1 Å². The highest BCUT2D eigenvalue weighted by molar-refractivity contribution is 7.89. The standard InChI is InChI=1S/C21H20N2O3S2/c1-14-3-5-17(6-4-14)21-22-19-11-12-23(13-20(19)27-21)28(25,26)18-9-7-16(8-10-18)15(2)24/h3-10H,11-13H2,1-2H3. The minimum Gasteiger partial charge on any atom is -0.295 e. The van der Waals surface area contributed by atoms with Crippen molar-refractivity contribution in [3.63, 3.8) is 0 Å². The summed E-state index contributed by atoms with van der Waals surface area (Å²) >= 11 is 1.55. The van der Waals surface area contributed by atoms with Crippen LogP contribution in [-0.4, -0.2) is 30.0 Å². The number of hydrogen-bond acceptors (Lipinski definition) is 5. The fourth-order valence-corrected chi connectivity index (χ4v) is 5.83. The smallest absolute Gasteiger partial charge is 0.243 e. The molecule has 3 aromatic rings. The van der Waals surface area contributed by atoms with Gasteiger partial charge in [0, 0.05) is 29.0 Å². The zero-order valence-corrected chi connectivity index (χ0v) is 17.3. The summed E-state index contributed by atoms with van der Waals surface area (Å²) in [5, 5.41) is 0.926. The van der Waals surface area contributed by atoms with Gasteiger partial charge < -0.3 is 0 Å². The highest BCUT2D eigenvalue weighted by Crippen LogP contribution is 2.33. The molecule has 0 bridgehead atoms. The van der Waals surface area contributed by atoms with E-state index in [9.17, 15) is 13.2 Å². The number of aromatic nitrogens is 1. The molecule has 2 aromatic carbocycles. The number of fused-ring (bicyclic) bond motifs is 1. The monoisotopic (exact) mass is 412 g/mol. The highest BCUT2D eigenvalue weighted by atomic mass is 32.2. The quantitative estimate of drug-likeness (QED) is 0.606. The number of aryl methyl sites for hydroxylation is 1. The molecule has 1 aromatic heterocycles. The van der Waals surface area contributed by atoms with Gasteiger partial charge in [0.2, 0.25) is 10.0 Å². The van der Waals surface area contributed by atoms with Crippen molar-refractivity contribution in [2.75, 3.05) is 6.54 Å². The lowest BCUT2D eigenvalue weighted by molar-refractivity contribution is 0.101. The van der Waals surface area contributed by atoms with Crippen LogP contribution < -0.4 is 0 Å². The average Bonchev–Trinajstić information content (AvgIpc) is 3.12. The average molecular weight is 413 g/mol. The van der Waals surface area contributed by atoms with Gasteiger partial charge in [-0.3, -0.25) is 4.79 Å². The molecule has 0 spiro atoms. The van der Waals surface area contributed by atoms with Crippen molar-refractivity contribution in [2.45, 2.75) is 31.7 Å². The van der Waals surface area contributed by atoms with Crippen molar-refractivity contribution in [1.29, 1.82) is 0 Å². The number of benzene rings is 2. The first-order chi connectivity index (χ1) is 13.3. The van der Waals surface area contributed by atoms with Crippen LogP contribution in [0.4, 0.5) is 0 Å². The summed E-state index contributed by atoms with van der Waals surface area (Å²) in [5.41, 5.74) is 3.74. The molecule has 28 heavy (non-hydrogen) atoms. The Balaban J connectivity index is 1.59. The molecule has 0 atom stereocenters. The fraction of sp³-hybridized carbons (Fsp3) is 0.238. The van der Waals surface area contributed by atoms with Crippen LogP contribution >= 0.6 is 11.3 Å². The number of nitrogens with zero attached hydrogens (tertiary/aromatic N) is 2. The number of carbonyl (C=O) groups is 1. The second-order valence-electron chi connectivity index (χ2n) is 6.92. The van der Waals surface area contributed by atoms with E-state index < -0.39 is 10.0 Å². The summed E-state index contributed by atoms with van der Waals surface area (Å²) in [6.07, 6.45) is 0.600. The Hall–Kier alpha value is -2.35. The van der Waals surface area contributed by atoms with E-state index in [1.54, 1.807) is 23.5 Å². The molecule has 0 unspecified atom stereocenters. The molecule has 0 amide bonds. The number of thiazole rings is 1. The molecule has 0 aliphatic carbocycles. The summed E-state index contributed by atoms with van der Waals surface area (Å²) in [4.78, 5) is 17.4. The van der Waals surface area contributed by atoms with Gasteiger partial charge in [0.05, 0.1) is 17.1 Å². The molecular weight excluding hydrogens is 392 g/mol. The fourth-order valence-electron chi connectivity index (χ4n) is 3.21. The van der Waals surface area contributed by atoms with Gasteiger partial charge in [-0.2, -0.15) is 4.31 Å². The third-order valence-electron chi connectivity index (χ3n) is 4.89. The second-order valence-corrected chi connectivity index (χ2v) is 9.95. The molecule has 144 valence electrons. The Morgan fingerprint density at radius 3 is 2.39 bits per heavy atom. The molecule has 0 radical (unpaired) electrons. The van der Waals surface area contributed by atoms with Crippen molar-refractivity contribution in [1.82, 2.24) is 9.29 Å². The third-order valence-corrected chi connectivity index (χ3v) is 7.88. The Bertz CT molecular complexity index is 1130. The van der Waals surface area contributed by atoms with Crippen molar-refractivity contribution < 1.29 is 13.2 Å². The van der Waals surface area contributed by atoms with E-state index in [0.29, 0.717) is 25.1 Å². The Morgan fingerprint density at radius 2 is 1.75 bits per heavy atom. The second kappa shape index (κ2) is 7.24. The minimum atomic E-state index is -3.61. The number of sulfonamides is 1. The summed E-state index contributed by atoms with van der Waals surface area (Å²) in [6, 6.07) is 14.3. The summed E-state index contributed by atoms with van der Waals surface area (Å²) < 4.78 is 27.5. The number of hydrogen-bond donors (Lipinski definition) is 0. The van der Waals surface area contributed by atoms with Crippen LogP contribution in [0, 0.1) is 6.92 Å². The summed E-state index contributed by atoms with van der Waals surface area (Å²) in [6.45, 7) is 4.24. The predicted molar refractivity (Wildman–Crippen MR) is 110 cm³/mol. The molecule has 7 heteroatoms. The first kappa shape index (κ1) is 19.0. The van der Waals surface area contributed by atoms with Gasteiger partial charge in [0.15, 0.2) is 5.78 Å². The number of Topliss-reactive ketones (excluding diaryl/α,β-unsaturated/α-hetero) is 1. The predicted octanol–water partition coefficient (Wildman–Crippen LogP) is 4.07. The molecule has 0 fully saturated rings. The normalized spacial score (nSPS) is 14.6. The van der Waals surface area contributed by atoms with E-state index >= 15 is 0 Å². The lowest BCUT2D eigenvalue weighted by Crippen LogP contribution is -2.35. The van der Waals surface area contributed by atoms with Crippen molar-refractivity contribution in [3.8, 4) is 10.6 Å². The SMILES string of the molecule is CC(=O)c1ccc(S(=O)(=O)N2CCc3nc(-c4ccc(C)cc4)sc3C2)cc1. The Labute approximate surface area is 168 Å². The maximum Gasteiger partial charge on any atom is 0.243 e. The maximum atomic E-state index is 13.0. The van der Waals surface area contributed by atoms with Crippen molar-refractivity contribution >= 4 is 27.1 Å². The summed E-state index contributed by atoms with van der Waals surface area (Å²) in [5.74, 6) is -0.0835. The molecule has 0 saturated carbocycles. The highest BCUT2D eigenvalue weighted by Gasteiger charge is 2.30. The van der Waals surface area contributed by atoms with Gasteiger partial charge in [0.25, 0.3) is 0 Å². The van der Waals surface area contributed by atoms with E-state index in [1.807, 2.05) is 19.1 Å². The van der Waals surface area contributed by atoms with Gasteiger partial charge in [-0.05, 0) is 26.0 Å². The first-order valence-electron chi connectivity index (χ1n) is 9.01. The van der Waals surface area contributed by atoms with E-state index in [0.717, 1.165) is 21.1 Å². The van der Waals surface area contributed by atoms with Crippen molar-refractivity contribution in [2.24, 2.45) is 0 Å². The van der Waals surface area contributed by atoms with Crippen LogP contribution in [0.15, 0.2) is 53.4 Å². The number of ketones is 1. The zero-order valence-electron chi connectivity index (χ0n) is 15.7. The molecule has 0 N–H and O–H groups in total. The summed E-state index contributed by atoms with van der Waals surface area (Å²) in [7, 11) is -3.61. The van der Waals surface area contributed by atoms with E-state index in [4.69, 9.17) is 4.98 Å². The van der Waals surface area contributed by atoms with E-state index in [1.165, 1.54) is 28.9 Å². The third kappa shape index (κ3) is 3.53. The zero-order chi connectivity index (χ0) is 19.9. The Kier molecular flexibility index (Phi) is 4.91. The van der Waals surface area contributed by atoms with Gasteiger partial charge in [-0.1, -0.05) is 42.0 Å². The largest absolute Gasteiger partial charge is 0.295 e. The van der Waals surface area contributed by atoms with Crippen molar-refractivity contribution in [3.05, 3.63) is 70.2 Å². The van der Waals surface area contributed by atoms with Crippen LogP contribution in [0.25, 0.3) is 10.6 Å². The molecule has 0 saturated heterocycles. The molecule has 2 heterocycles. The first-order valence-corrected chi connectivity index (χ1v) is 11.3. The van der Waals surface area contributed by atoms with Crippen LogP contribution in [-0.2, 0) is 23.0 Å². The van der Waals surface area contributed by atoms with Gasteiger partial charge in [-0.15, -0.1) is 11.3 Å². The van der Waals surface area contributed by atoms with E-state index in [-0.39, 0.29) is 10.7 Å². The molecule has 1 aliphatic heterocycles. The molecule has 4 rings (SSSR count). The molecule has 1 aliphatic rings. The van der Waals surface area contributed by atoms with Crippen LogP contribution in [0.2, 0.25) is 0 Å². The number of carbonyl (C=O) groups excluding carboxylic acids is 1. The lowest BCUT2D eigenvalue weighted by atomic mass is 10.1. The maximum absolute atomic E-state index is 13.0. The Morgan fingerprint density at radius 1 is 1.07 bits per heavy atom. The van der Waals surface area contributed by atoms with Gasteiger partial charge in [0.1, 0.15) is 5.01 Å². The van der Waals surface area contributed by atoms with Gasteiger partial charge >= 0.3 is 0 Å². The topological polar surface area (TPSA) is 67.3 Å². The van der Waals surface area contributed by atoms with Crippen LogP contribution in [0.3, 0.4) is 0 Å². The van der Waals surface area contributed by atoms with Crippen LogP contribution in [0.5, 0.6) is 0 Å². The van der Waals surface area contributed by atoms with Crippen LogP contribution in [0.1, 0.15) is 33.4 Å². The minimum absolute atomic E-state index is 0.0835. The molecular formula is C21H20N2O3S2. The lowest BCUT2D eigenvalue weighted by Gasteiger charge is -2.25. The van der Waals surface area contributed by atoms with Gasteiger partial charge in [-0.25, -0.2) is 13.4 Å². The molecule has 5 nitrogen and oxygen atoms in total.